The van der Waals surface area contributed by atoms with Crippen LogP contribution in [0.1, 0.15) is 46.5 Å². The topological polar surface area (TPSA) is 52.6 Å². The minimum absolute atomic E-state index is 0.0440. The Balaban J connectivity index is 1.94. The van der Waals surface area contributed by atoms with Crippen molar-refractivity contribution in [3.8, 4) is 0 Å². The van der Waals surface area contributed by atoms with Gasteiger partial charge < -0.3 is 10.4 Å². The summed E-state index contributed by atoms with van der Waals surface area (Å²) >= 11 is 0. The molecule has 20 heavy (non-hydrogen) atoms. The van der Waals surface area contributed by atoms with E-state index in [1.165, 1.54) is 12.8 Å². The Labute approximate surface area is 122 Å². The fourth-order valence-electron chi connectivity index (χ4n) is 3.31. The number of nitrogens with one attached hydrogen (secondary N) is 1. The van der Waals surface area contributed by atoms with Crippen LogP contribution in [0.2, 0.25) is 0 Å². The molecule has 2 N–H and O–H groups in total. The first kappa shape index (κ1) is 15.8. The van der Waals surface area contributed by atoms with E-state index in [0.29, 0.717) is 12.0 Å². The van der Waals surface area contributed by atoms with Gasteiger partial charge in [0.05, 0.1) is 0 Å². The lowest BCUT2D eigenvalue weighted by Gasteiger charge is -2.41. The highest BCUT2D eigenvalue weighted by Gasteiger charge is 2.36. The summed E-state index contributed by atoms with van der Waals surface area (Å²) in [5.74, 6) is 1.55. The first-order valence-corrected chi connectivity index (χ1v) is 8.16. The first-order valence-electron chi connectivity index (χ1n) is 8.16. The van der Waals surface area contributed by atoms with Crippen molar-refractivity contribution in [1.82, 2.24) is 10.2 Å². The summed E-state index contributed by atoms with van der Waals surface area (Å²) < 4.78 is 0. The van der Waals surface area contributed by atoms with Gasteiger partial charge in [-0.2, -0.15) is 0 Å². The predicted molar refractivity (Wildman–Crippen MR) is 80.3 cm³/mol. The molecule has 3 atom stereocenters. The molecule has 2 fully saturated rings. The van der Waals surface area contributed by atoms with Crippen LogP contribution in [0, 0.1) is 17.8 Å². The van der Waals surface area contributed by atoms with Crippen LogP contribution in [0.5, 0.6) is 0 Å². The third-order valence-corrected chi connectivity index (χ3v) is 4.85. The molecule has 0 spiro atoms. The number of piperidine rings is 1. The van der Waals surface area contributed by atoms with Crippen LogP contribution in [-0.2, 0) is 4.79 Å². The van der Waals surface area contributed by atoms with Crippen LogP contribution in [0.4, 0.5) is 0 Å². The molecule has 0 aromatic carbocycles. The van der Waals surface area contributed by atoms with Crippen molar-refractivity contribution in [3.05, 3.63) is 0 Å². The molecule has 3 unspecified atom stereocenters. The zero-order valence-electron chi connectivity index (χ0n) is 13.1. The number of hydrogen-bond acceptors (Lipinski definition) is 3. The molecule has 4 nitrogen and oxygen atoms in total. The van der Waals surface area contributed by atoms with Crippen molar-refractivity contribution in [2.24, 2.45) is 17.8 Å². The number of likely N-dealkylation sites (tertiary alicyclic amines) is 1. The highest BCUT2D eigenvalue weighted by atomic mass is 16.3. The number of amides is 1. The fraction of sp³-hybridized carbons (Fsp3) is 0.938. The minimum Gasteiger partial charge on any atom is -0.396 e. The van der Waals surface area contributed by atoms with Gasteiger partial charge in [0.15, 0.2) is 0 Å². The standard InChI is InChI=1S/C16H30N2O2/c1-11(2)16(20)17-15-8-13(6-7-19)9-18(10-15)12(3)14-4-5-14/h11-15,19H,4-10H2,1-3H3,(H,17,20). The van der Waals surface area contributed by atoms with E-state index in [1.807, 2.05) is 13.8 Å². The maximum Gasteiger partial charge on any atom is 0.222 e. The zero-order chi connectivity index (χ0) is 14.7. The Morgan fingerprint density at radius 3 is 2.55 bits per heavy atom. The van der Waals surface area contributed by atoms with E-state index in [4.69, 9.17) is 0 Å². The lowest BCUT2D eigenvalue weighted by atomic mass is 9.90. The summed E-state index contributed by atoms with van der Waals surface area (Å²) in [5.41, 5.74) is 0. The summed E-state index contributed by atoms with van der Waals surface area (Å²) in [4.78, 5) is 14.5. The molecule has 1 saturated heterocycles. The smallest absolute Gasteiger partial charge is 0.222 e. The maximum absolute atomic E-state index is 11.9. The van der Waals surface area contributed by atoms with Gasteiger partial charge in [-0.25, -0.2) is 0 Å². The summed E-state index contributed by atoms with van der Waals surface area (Å²) in [5, 5.41) is 12.4. The van der Waals surface area contributed by atoms with Crippen molar-refractivity contribution in [2.45, 2.75) is 58.5 Å². The molecule has 0 bridgehead atoms. The second-order valence-electron chi connectivity index (χ2n) is 7.01. The van der Waals surface area contributed by atoms with Crippen molar-refractivity contribution < 1.29 is 9.90 Å². The Bertz CT molecular complexity index is 328. The van der Waals surface area contributed by atoms with Crippen molar-refractivity contribution in [2.75, 3.05) is 19.7 Å². The van der Waals surface area contributed by atoms with Crippen LogP contribution in [0.15, 0.2) is 0 Å². The number of aliphatic hydroxyl groups excluding tert-OH is 1. The van der Waals surface area contributed by atoms with Gasteiger partial charge in [-0.1, -0.05) is 13.8 Å². The molecule has 1 aliphatic carbocycles. The van der Waals surface area contributed by atoms with E-state index in [0.717, 1.165) is 31.8 Å². The Hall–Kier alpha value is -0.610. The lowest BCUT2D eigenvalue weighted by molar-refractivity contribution is -0.125. The van der Waals surface area contributed by atoms with Gasteiger partial charge in [-0.3, -0.25) is 9.69 Å². The number of rotatable bonds is 6. The van der Waals surface area contributed by atoms with Gasteiger partial charge in [0.25, 0.3) is 0 Å². The van der Waals surface area contributed by atoms with Crippen LogP contribution in [0.25, 0.3) is 0 Å². The van der Waals surface area contributed by atoms with Crippen molar-refractivity contribution in [3.63, 3.8) is 0 Å². The molecule has 0 aromatic heterocycles. The van der Waals surface area contributed by atoms with E-state index < -0.39 is 0 Å². The second-order valence-corrected chi connectivity index (χ2v) is 7.01. The summed E-state index contributed by atoms with van der Waals surface area (Å²) in [6.45, 7) is 8.49. The SMILES string of the molecule is CC(C)C(=O)NC1CC(CCO)CN(C(C)C2CC2)C1. The molecule has 1 aliphatic heterocycles. The highest BCUT2D eigenvalue weighted by Crippen LogP contribution is 2.36. The van der Waals surface area contributed by atoms with Crippen LogP contribution in [-0.4, -0.2) is 47.7 Å². The molecule has 1 saturated carbocycles. The largest absolute Gasteiger partial charge is 0.396 e. The van der Waals surface area contributed by atoms with Gasteiger partial charge in [0.2, 0.25) is 5.91 Å². The van der Waals surface area contributed by atoms with Gasteiger partial charge in [0.1, 0.15) is 0 Å². The predicted octanol–water partition coefficient (Wildman–Crippen LogP) is 1.63. The fourth-order valence-corrected chi connectivity index (χ4v) is 3.31. The molecule has 1 heterocycles. The van der Waals surface area contributed by atoms with Crippen LogP contribution < -0.4 is 5.32 Å². The van der Waals surface area contributed by atoms with E-state index in [2.05, 4.69) is 17.1 Å². The summed E-state index contributed by atoms with van der Waals surface area (Å²) in [6, 6.07) is 0.867. The minimum atomic E-state index is 0.0440. The molecular formula is C16H30N2O2. The number of carbonyl (C=O) groups excluding carboxylic acids is 1. The lowest BCUT2D eigenvalue weighted by Crippen LogP contribution is -2.54. The normalized spacial score (nSPS) is 29.4. The van der Waals surface area contributed by atoms with Gasteiger partial charge in [0, 0.05) is 37.7 Å². The first-order chi connectivity index (χ1) is 9.51. The molecule has 1 amide bonds. The third-order valence-electron chi connectivity index (χ3n) is 4.85. The third kappa shape index (κ3) is 4.19. The van der Waals surface area contributed by atoms with Gasteiger partial charge in [-0.05, 0) is 44.4 Å². The van der Waals surface area contributed by atoms with Crippen LogP contribution >= 0.6 is 0 Å². The molecule has 0 aromatic rings. The van der Waals surface area contributed by atoms with Gasteiger partial charge >= 0.3 is 0 Å². The number of aliphatic hydroxyl groups is 1. The Morgan fingerprint density at radius 2 is 2.00 bits per heavy atom. The van der Waals surface area contributed by atoms with E-state index in [1.54, 1.807) is 0 Å². The van der Waals surface area contributed by atoms with E-state index in [-0.39, 0.29) is 24.5 Å². The van der Waals surface area contributed by atoms with E-state index >= 15 is 0 Å². The second kappa shape index (κ2) is 6.90. The maximum atomic E-state index is 11.9. The van der Waals surface area contributed by atoms with Crippen molar-refractivity contribution in [1.29, 1.82) is 0 Å². The Kier molecular flexibility index (Phi) is 5.44. The number of hydrogen-bond donors (Lipinski definition) is 2. The average Bonchev–Trinajstić information content (AvgIpc) is 3.22. The van der Waals surface area contributed by atoms with E-state index in [9.17, 15) is 9.90 Å². The quantitative estimate of drug-likeness (QED) is 0.778. The van der Waals surface area contributed by atoms with Crippen molar-refractivity contribution >= 4 is 5.91 Å². The summed E-state index contributed by atoms with van der Waals surface area (Å²) in [7, 11) is 0. The average molecular weight is 282 g/mol. The molecule has 4 heteroatoms. The number of nitrogens with zero attached hydrogens (tertiary/aromatic N) is 1. The molecule has 116 valence electrons. The summed E-state index contributed by atoms with van der Waals surface area (Å²) in [6.07, 6.45) is 4.56. The van der Waals surface area contributed by atoms with Crippen LogP contribution in [0.3, 0.4) is 0 Å². The van der Waals surface area contributed by atoms with Gasteiger partial charge in [-0.15, -0.1) is 0 Å². The molecule has 2 aliphatic rings. The molecule has 0 radical (unpaired) electrons. The zero-order valence-corrected chi connectivity index (χ0v) is 13.1. The molecular weight excluding hydrogens is 252 g/mol. The Morgan fingerprint density at radius 1 is 1.30 bits per heavy atom. The number of carbonyl (C=O) groups is 1. The molecule has 2 rings (SSSR count). The monoisotopic (exact) mass is 282 g/mol. The highest BCUT2D eigenvalue weighted by molar-refractivity contribution is 5.78.